The highest BCUT2D eigenvalue weighted by Gasteiger charge is 2.08. The van der Waals surface area contributed by atoms with Crippen molar-refractivity contribution in [2.24, 2.45) is 0 Å². The van der Waals surface area contributed by atoms with Gasteiger partial charge < -0.3 is 9.73 Å². The largest absolute Gasteiger partial charge is 0.438 e. The van der Waals surface area contributed by atoms with E-state index in [0.717, 1.165) is 27.7 Å². The molecule has 2 heterocycles. The van der Waals surface area contributed by atoms with Crippen LogP contribution in [-0.4, -0.2) is 4.98 Å². The average molecular weight is 386 g/mol. The maximum absolute atomic E-state index is 5.83. The van der Waals surface area contributed by atoms with Crippen molar-refractivity contribution in [1.82, 2.24) is 4.98 Å². The molecule has 0 unspecified atom stereocenters. The number of nitrogens with zero attached hydrogens (tertiary/aromatic N) is 1. The molecule has 142 valence electrons. The smallest absolute Gasteiger partial charge is 0.227 e. The molecule has 0 saturated heterocycles. The van der Waals surface area contributed by atoms with Crippen LogP contribution in [0, 0.1) is 0 Å². The van der Waals surface area contributed by atoms with Gasteiger partial charge in [0.1, 0.15) is 5.58 Å². The number of rotatable bonds is 3. The monoisotopic (exact) mass is 386 g/mol. The van der Waals surface area contributed by atoms with Crippen molar-refractivity contribution >= 4 is 44.2 Å². The molecule has 0 spiro atoms. The van der Waals surface area contributed by atoms with Gasteiger partial charge in [-0.15, -0.1) is 0 Å². The molecule has 0 fully saturated rings. The van der Waals surface area contributed by atoms with Gasteiger partial charge in [-0.1, -0.05) is 66.7 Å². The Kier molecular flexibility index (Phi) is 3.78. The zero-order valence-electron chi connectivity index (χ0n) is 16.2. The zero-order chi connectivity index (χ0) is 19.9. The summed E-state index contributed by atoms with van der Waals surface area (Å²) in [4.78, 5) is 4.50. The number of benzene rings is 4. The van der Waals surface area contributed by atoms with E-state index in [4.69, 9.17) is 4.42 Å². The van der Waals surface area contributed by atoms with Crippen LogP contribution in [-0.2, 0) is 0 Å². The minimum absolute atomic E-state index is 0.660. The molecule has 0 aliphatic rings. The van der Waals surface area contributed by atoms with Crippen LogP contribution in [0.2, 0.25) is 0 Å². The summed E-state index contributed by atoms with van der Waals surface area (Å²) in [5.41, 5.74) is 5.92. The predicted molar refractivity (Wildman–Crippen MR) is 124 cm³/mol. The van der Waals surface area contributed by atoms with Crippen molar-refractivity contribution < 1.29 is 4.42 Å². The quantitative estimate of drug-likeness (QED) is 0.341. The van der Waals surface area contributed by atoms with Crippen molar-refractivity contribution in [3.8, 4) is 11.1 Å². The van der Waals surface area contributed by atoms with E-state index in [9.17, 15) is 0 Å². The van der Waals surface area contributed by atoms with Gasteiger partial charge in [-0.25, -0.2) is 4.98 Å². The summed E-state index contributed by atoms with van der Waals surface area (Å²) < 4.78 is 5.83. The number of furan rings is 1. The van der Waals surface area contributed by atoms with Crippen molar-refractivity contribution in [1.29, 1.82) is 0 Å². The van der Waals surface area contributed by atoms with Crippen LogP contribution in [0.3, 0.4) is 0 Å². The van der Waals surface area contributed by atoms with Gasteiger partial charge in [0.25, 0.3) is 0 Å². The molecule has 0 aliphatic heterocycles. The van der Waals surface area contributed by atoms with E-state index in [0.29, 0.717) is 5.71 Å². The van der Waals surface area contributed by atoms with Gasteiger partial charge in [-0.3, -0.25) is 0 Å². The van der Waals surface area contributed by atoms with Gasteiger partial charge in [-0.2, -0.15) is 0 Å². The molecule has 0 saturated carbocycles. The number of hydrogen-bond acceptors (Lipinski definition) is 3. The number of fused-ring (bicyclic) bond motifs is 4. The molecule has 2 aromatic heterocycles. The number of para-hydroxylation sites is 1. The van der Waals surface area contributed by atoms with E-state index in [1.807, 2.05) is 30.5 Å². The van der Waals surface area contributed by atoms with E-state index in [1.54, 1.807) is 0 Å². The lowest BCUT2D eigenvalue weighted by molar-refractivity contribution is 0.654. The minimum atomic E-state index is 0.660. The van der Waals surface area contributed by atoms with E-state index in [1.165, 1.54) is 21.9 Å². The van der Waals surface area contributed by atoms with Crippen LogP contribution in [0.5, 0.6) is 0 Å². The Balaban J connectivity index is 1.38. The fourth-order valence-electron chi connectivity index (χ4n) is 3.98. The SMILES string of the molecule is c1ccc(-c2ccc3ccc(Nc4cnc5oc6ccccc6c5c4)cc3c2)cc1. The van der Waals surface area contributed by atoms with Crippen LogP contribution < -0.4 is 5.32 Å². The molecule has 4 aromatic carbocycles. The molecule has 3 nitrogen and oxygen atoms in total. The van der Waals surface area contributed by atoms with Crippen molar-refractivity contribution in [3.63, 3.8) is 0 Å². The second-order valence-corrected chi connectivity index (χ2v) is 7.44. The van der Waals surface area contributed by atoms with Crippen LogP contribution in [0.25, 0.3) is 44.0 Å². The predicted octanol–water partition coefficient (Wildman–Crippen LogP) is 7.54. The first-order valence-electron chi connectivity index (χ1n) is 9.97. The Morgan fingerprint density at radius 3 is 2.37 bits per heavy atom. The number of pyridine rings is 1. The Bertz CT molecular complexity index is 1520. The van der Waals surface area contributed by atoms with Gasteiger partial charge in [0.2, 0.25) is 5.71 Å². The fourth-order valence-corrected chi connectivity index (χ4v) is 3.98. The van der Waals surface area contributed by atoms with Gasteiger partial charge in [-0.05, 0) is 52.2 Å². The summed E-state index contributed by atoms with van der Waals surface area (Å²) >= 11 is 0. The van der Waals surface area contributed by atoms with Gasteiger partial charge >= 0.3 is 0 Å². The highest BCUT2D eigenvalue weighted by atomic mass is 16.3. The first kappa shape index (κ1) is 16.8. The molecule has 3 heteroatoms. The summed E-state index contributed by atoms with van der Waals surface area (Å²) in [7, 11) is 0. The zero-order valence-corrected chi connectivity index (χ0v) is 16.2. The van der Waals surface area contributed by atoms with Crippen LogP contribution >= 0.6 is 0 Å². The highest BCUT2D eigenvalue weighted by Crippen LogP contribution is 2.31. The second kappa shape index (κ2) is 6.75. The second-order valence-electron chi connectivity index (χ2n) is 7.44. The first-order chi connectivity index (χ1) is 14.8. The summed E-state index contributed by atoms with van der Waals surface area (Å²) in [5, 5.41) is 8.01. The molecular weight excluding hydrogens is 368 g/mol. The number of anilines is 2. The van der Waals surface area contributed by atoms with Gasteiger partial charge in [0, 0.05) is 11.1 Å². The Morgan fingerprint density at radius 2 is 1.43 bits per heavy atom. The minimum Gasteiger partial charge on any atom is -0.438 e. The van der Waals surface area contributed by atoms with Crippen LogP contribution in [0.4, 0.5) is 11.4 Å². The Morgan fingerprint density at radius 1 is 0.600 bits per heavy atom. The maximum atomic E-state index is 5.83. The molecule has 6 rings (SSSR count). The summed E-state index contributed by atoms with van der Waals surface area (Å²) in [6, 6.07) is 33.6. The van der Waals surface area contributed by atoms with E-state index < -0.39 is 0 Å². The lowest BCUT2D eigenvalue weighted by Crippen LogP contribution is -1.91. The van der Waals surface area contributed by atoms with E-state index in [2.05, 4.69) is 83.1 Å². The molecule has 1 N–H and O–H groups in total. The molecule has 0 atom stereocenters. The van der Waals surface area contributed by atoms with Crippen LogP contribution in [0.15, 0.2) is 108 Å². The highest BCUT2D eigenvalue weighted by molar-refractivity contribution is 6.04. The normalized spacial score (nSPS) is 11.3. The molecule has 0 radical (unpaired) electrons. The third kappa shape index (κ3) is 2.88. The van der Waals surface area contributed by atoms with E-state index in [-0.39, 0.29) is 0 Å². The number of nitrogens with one attached hydrogen (secondary N) is 1. The van der Waals surface area contributed by atoms with Crippen molar-refractivity contribution in [2.75, 3.05) is 5.32 Å². The Labute approximate surface area is 173 Å². The Hall–Kier alpha value is -4.11. The lowest BCUT2D eigenvalue weighted by atomic mass is 10.0. The van der Waals surface area contributed by atoms with Crippen LogP contribution in [0.1, 0.15) is 0 Å². The standard InChI is InChI=1S/C27H18N2O/c1-2-6-18(7-3-1)20-11-10-19-12-13-22(15-21(19)14-20)29-23-16-25-24-8-4-5-9-26(24)30-27(25)28-17-23/h1-17,29H. The van der Waals surface area contributed by atoms with Crippen molar-refractivity contribution in [2.45, 2.75) is 0 Å². The average Bonchev–Trinajstić information content (AvgIpc) is 3.17. The topological polar surface area (TPSA) is 38.1 Å². The molecule has 6 aromatic rings. The van der Waals surface area contributed by atoms with Crippen molar-refractivity contribution in [3.05, 3.63) is 103 Å². The summed E-state index contributed by atoms with van der Waals surface area (Å²) in [6.45, 7) is 0. The summed E-state index contributed by atoms with van der Waals surface area (Å²) in [6.07, 6.45) is 1.81. The molecule has 0 aliphatic carbocycles. The first-order valence-corrected chi connectivity index (χ1v) is 9.97. The number of aromatic nitrogens is 1. The van der Waals surface area contributed by atoms with Gasteiger partial charge in [0.15, 0.2) is 0 Å². The third-order valence-corrected chi connectivity index (χ3v) is 5.47. The number of hydrogen-bond donors (Lipinski definition) is 1. The fraction of sp³-hybridized carbons (Fsp3) is 0. The molecule has 0 amide bonds. The van der Waals surface area contributed by atoms with Gasteiger partial charge in [0.05, 0.1) is 17.3 Å². The summed E-state index contributed by atoms with van der Waals surface area (Å²) in [5.74, 6) is 0. The molecule has 0 bridgehead atoms. The van der Waals surface area contributed by atoms with E-state index >= 15 is 0 Å². The maximum Gasteiger partial charge on any atom is 0.227 e. The molecular formula is C27H18N2O. The third-order valence-electron chi connectivity index (χ3n) is 5.47. The molecule has 30 heavy (non-hydrogen) atoms. The lowest BCUT2D eigenvalue weighted by Gasteiger charge is -2.09.